The van der Waals surface area contributed by atoms with Gasteiger partial charge in [0.15, 0.2) is 0 Å². The van der Waals surface area contributed by atoms with E-state index >= 15 is 0 Å². The van der Waals surface area contributed by atoms with Gasteiger partial charge in [0.2, 0.25) is 5.91 Å². The standard InChI is InChI=1S/C12H16ClN3O/c1-14-12(17)11-8-16(6-5-15-11)10-4-2-3-9(13)7-10/h2-4,7,11,15H,5-6,8H2,1H3,(H,14,17). The second-order valence-corrected chi connectivity index (χ2v) is 4.48. The molecule has 2 N–H and O–H groups in total. The molecule has 1 aliphatic rings. The number of likely N-dealkylation sites (N-methyl/N-ethyl adjacent to an activating group) is 1. The van der Waals surface area contributed by atoms with Crippen molar-refractivity contribution in [1.29, 1.82) is 0 Å². The van der Waals surface area contributed by atoms with Gasteiger partial charge in [-0.05, 0) is 18.2 Å². The lowest BCUT2D eigenvalue weighted by molar-refractivity contribution is -0.122. The molecule has 0 bridgehead atoms. The van der Waals surface area contributed by atoms with Gasteiger partial charge in [0.1, 0.15) is 6.04 Å². The van der Waals surface area contributed by atoms with Crippen LogP contribution in [0.2, 0.25) is 5.02 Å². The van der Waals surface area contributed by atoms with Crippen molar-refractivity contribution in [3.05, 3.63) is 29.3 Å². The van der Waals surface area contributed by atoms with E-state index < -0.39 is 0 Å². The summed E-state index contributed by atoms with van der Waals surface area (Å²) in [6.07, 6.45) is 0. The molecule has 0 aliphatic carbocycles. The molecule has 5 heteroatoms. The molecule has 1 aromatic rings. The van der Waals surface area contributed by atoms with Crippen molar-refractivity contribution in [2.45, 2.75) is 6.04 Å². The minimum atomic E-state index is -0.160. The van der Waals surface area contributed by atoms with Crippen molar-refractivity contribution in [3.63, 3.8) is 0 Å². The van der Waals surface area contributed by atoms with Crippen LogP contribution in [0, 0.1) is 0 Å². The Morgan fingerprint density at radius 1 is 1.59 bits per heavy atom. The van der Waals surface area contributed by atoms with Gasteiger partial charge in [0.05, 0.1) is 0 Å². The predicted molar refractivity (Wildman–Crippen MR) is 69.5 cm³/mol. The third-order valence-electron chi connectivity index (χ3n) is 2.91. The van der Waals surface area contributed by atoms with Gasteiger partial charge in [-0.1, -0.05) is 17.7 Å². The highest BCUT2D eigenvalue weighted by molar-refractivity contribution is 6.30. The van der Waals surface area contributed by atoms with E-state index in [-0.39, 0.29) is 11.9 Å². The van der Waals surface area contributed by atoms with Crippen LogP contribution in [0.25, 0.3) is 0 Å². The number of anilines is 1. The lowest BCUT2D eigenvalue weighted by Crippen LogP contribution is -2.56. The Kier molecular flexibility index (Phi) is 3.86. The summed E-state index contributed by atoms with van der Waals surface area (Å²) in [5.74, 6) is 0.0247. The molecule has 2 rings (SSSR count). The van der Waals surface area contributed by atoms with Crippen LogP contribution in [0.4, 0.5) is 5.69 Å². The molecular formula is C12H16ClN3O. The maximum absolute atomic E-state index is 11.6. The lowest BCUT2D eigenvalue weighted by atomic mass is 10.1. The SMILES string of the molecule is CNC(=O)C1CN(c2cccc(Cl)c2)CCN1. The van der Waals surface area contributed by atoms with E-state index in [0.717, 1.165) is 23.8 Å². The van der Waals surface area contributed by atoms with E-state index in [1.165, 1.54) is 0 Å². The molecule has 17 heavy (non-hydrogen) atoms. The molecule has 1 aliphatic heterocycles. The van der Waals surface area contributed by atoms with Crippen molar-refractivity contribution in [2.24, 2.45) is 0 Å². The second kappa shape index (κ2) is 5.38. The molecule has 1 heterocycles. The average Bonchev–Trinajstić information content (AvgIpc) is 2.38. The fourth-order valence-electron chi connectivity index (χ4n) is 2.01. The molecule has 1 saturated heterocycles. The fourth-order valence-corrected chi connectivity index (χ4v) is 2.19. The first-order chi connectivity index (χ1) is 8.20. The summed E-state index contributed by atoms with van der Waals surface area (Å²) in [6.45, 7) is 2.35. The number of piperazine rings is 1. The molecule has 1 atom stereocenters. The summed E-state index contributed by atoms with van der Waals surface area (Å²) in [6, 6.07) is 7.55. The summed E-state index contributed by atoms with van der Waals surface area (Å²) in [5, 5.41) is 6.58. The predicted octanol–water partition coefficient (Wildman–Crippen LogP) is 0.864. The second-order valence-electron chi connectivity index (χ2n) is 4.05. The van der Waals surface area contributed by atoms with Gasteiger partial charge in [-0.25, -0.2) is 0 Å². The van der Waals surface area contributed by atoms with Crippen molar-refractivity contribution in [1.82, 2.24) is 10.6 Å². The Morgan fingerprint density at radius 2 is 2.41 bits per heavy atom. The number of rotatable bonds is 2. The van der Waals surface area contributed by atoms with Crippen molar-refractivity contribution in [2.75, 3.05) is 31.6 Å². The Labute approximate surface area is 106 Å². The van der Waals surface area contributed by atoms with E-state index in [1.54, 1.807) is 7.05 Å². The summed E-state index contributed by atoms with van der Waals surface area (Å²) in [7, 11) is 1.66. The third kappa shape index (κ3) is 2.90. The number of benzene rings is 1. The molecule has 1 amide bonds. The molecule has 0 spiro atoms. The van der Waals surface area contributed by atoms with E-state index in [1.807, 2.05) is 24.3 Å². The summed E-state index contributed by atoms with van der Waals surface area (Å²) < 4.78 is 0. The van der Waals surface area contributed by atoms with Crippen LogP contribution in [0.3, 0.4) is 0 Å². The van der Waals surface area contributed by atoms with Crippen molar-refractivity contribution in [3.8, 4) is 0 Å². The zero-order chi connectivity index (χ0) is 12.3. The van der Waals surface area contributed by atoms with Crippen LogP contribution in [-0.4, -0.2) is 38.6 Å². The Hall–Kier alpha value is -1.26. The average molecular weight is 254 g/mol. The minimum Gasteiger partial charge on any atom is -0.368 e. The van der Waals surface area contributed by atoms with Crippen LogP contribution in [0.1, 0.15) is 0 Å². The third-order valence-corrected chi connectivity index (χ3v) is 3.15. The minimum absolute atomic E-state index is 0.0247. The highest BCUT2D eigenvalue weighted by Crippen LogP contribution is 2.20. The van der Waals surface area contributed by atoms with Gasteiger partial charge in [0, 0.05) is 37.4 Å². The van der Waals surface area contributed by atoms with Crippen LogP contribution >= 0.6 is 11.6 Å². The topological polar surface area (TPSA) is 44.4 Å². The highest BCUT2D eigenvalue weighted by Gasteiger charge is 2.24. The number of carbonyl (C=O) groups is 1. The fraction of sp³-hybridized carbons (Fsp3) is 0.417. The number of carbonyl (C=O) groups excluding carboxylic acids is 1. The van der Waals surface area contributed by atoms with Crippen LogP contribution in [0.15, 0.2) is 24.3 Å². The molecular weight excluding hydrogens is 238 g/mol. The number of hydrogen-bond acceptors (Lipinski definition) is 3. The number of halogens is 1. The monoisotopic (exact) mass is 253 g/mol. The van der Waals surface area contributed by atoms with Crippen molar-refractivity contribution < 1.29 is 4.79 Å². The normalized spacial score (nSPS) is 20.1. The zero-order valence-corrected chi connectivity index (χ0v) is 10.5. The number of nitrogens with one attached hydrogen (secondary N) is 2. The largest absolute Gasteiger partial charge is 0.368 e. The summed E-state index contributed by atoms with van der Waals surface area (Å²) in [4.78, 5) is 13.8. The van der Waals surface area contributed by atoms with Gasteiger partial charge in [0.25, 0.3) is 0 Å². The maximum Gasteiger partial charge on any atom is 0.238 e. The summed E-state index contributed by atoms with van der Waals surface area (Å²) in [5.41, 5.74) is 1.06. The number of nitrogens with zero attached hydrogens (tertiary/aromatic N) is 1. The molecule has 4 nitrogen and oxygen atoms in total. The molecule has 1 unspecified atom stereocenters. The first-order valence-electron chi connectivity index (χ1n) is 5.66. The maximum atomic E-state index is 11.6. The Morgan fingerprint density at radius 3 is 3.12 bits per heavy atom. The first-order valence-corrected chi connectivity index (χ1v) is 6.04. The molecule has 1 aromatic carbocycles. The van der Waals surface area contributed by atoms with Crippen LogP contribution < -0.4 is 15.5 Å². The number of amides is 1. The molecule has 0 radical (unpaired) electrons. The lowest BCUT2D eigenvalue weighted by Gasteiger charge is -2.34. The van der Waals surface area contributed by atoms with Gasteiger partial charge >= 0.3 is 0 Å². The van der Waals surface area contributed by atoms with E-state index in [9.17, 15) is 4.79 Å². The van der Waals surface area contributed by atoms with Crippen molar-refractivity contribution >= 4 is 23.2 Å². The molecule has 1 fully saturated rings. The highest BCUT2D eigenvalue weighted by atomic mass is 35.5. The van der Waals surface area contributed by atoms with Gasteiger partial charge in [-0.3, -0.25) is 4.79 Å². The Bertz CT molecular complexity index is 410. The first kappa shape index (κ1) is 12.2. The van der Waals surface area contributed by atoms with Crippen LogP contribution in [0.5, 0.6) is 0 Å². The zero-order valence-electron chi connectivity index (χ0n) is 9.74. The van der Waals surface area contributed by atoms with E-state index in [2.05, 4.69) is 15.5 Å². The van der Waals surface area contributed by atoms with E-state index in [4.69, 9.17) is 11.6 Å². The quantitative estimate of drug-likeness (QED) is 0.822. The van der Waals surface area contributed by atoms with Crippen LogP contribution in [-0.2, 0) is 4.79 Å². The van der Waals surface area contributed by atoms with Gasteiger partial charge in [-0.2, -0.15) is 0 Å². The van der Waals surface area contributed by atoms with Gasteiger partial charge < -0.3 is 15.5 Å². The molecule has 0 aromatic heterocycles. The van der Waals surface area contributed by atoms with Gasteiger partial charge in [-0.15, -0.1) is 0 Å². The van der Waals surface area contributed by atoms with E-state index in [0.29, 0.717) is 6.54 Å². The Balaban J connectivity index is 2.09. The summed E-state index contributed by atoms with van der Waals surface area (Å²) >= 11 is 5.97. The number of hydrogen-bond donors (Lipinski definition) is 2. The smallest absolute Gasteiger partial charge is 0.238 e. The molecule has 92 valence electrons. The molecule has 0 saturated carbocycles.